The first-order valence-electron chi connectivity index (χ1n) is 7.19. The van der Waals surface area contributed by atoms with E-state index in [1.165, 1.54) is 49.7 Å². The van der Waals surface area contributed by atoms with Crippen LogP contribution in [0.5, 0.6) is 0 Å². The van der Waals surface area contributed by atoms with E-state index in [2.05, 4.69) is 17.1 Å². The van der Waals surface area contributed by atoms with Crippen molar-refractivity contribution >= 4 is 0 Å². The van der Waals surface area contributed by atoms with Gasteiger partial charge in [-0.25, -0.2) is 0 Å². The lowest BCUT2D eigenvalue weighted by Gasteiger charge is -2.18. The third-order valence-electron chi connectivity index (χ3n) is 3.77. The lowest BCUT2D eigenvalue weighted by Crippen LogP contribution is -2.24. The molecule has 2 N–H and O–H groups in total. The van der Waals surface area contributed by atoms with Crippen molar-refractivity contribution in [3.8, 4) is 0 Å². The van der Waals surface area contributed by atoms with Gasteiger partial charge in [0.25, 0.3) is 0 Å². The van der Waals surface area contributed by atoms with Crippen molar-refractivity contribution in [2.75, 3.05) is 0 Å². The molecule has 1 heterocycles. The highest BCUT2D eigenvalue weighted by molar-refractivity contribution is 5.14. The molecule has 0 saturated heterocycles. The summed E-state index contributed by atoms with van der Waals surface area (Å²) in [7, 11) is 0. The normalized spacial score (nSPS) is 21.5. The molecule has 2 heteroatoms. The maximum absolute atomic E-state index is 6.33. The average molecular weight is 244 g/mol. The van der Waals surface area contributed by atoms with Gasteiger partial charge in [-0.05, 0) is 50.2 Å². The molecule has 1 aromatic rings. The van der Waals surface area contributed by atoms with Crippen LogP contribution in [-0.2, 0) is 6.42 Å². The summed E-state index contributed by atoms with van der Waals surface area (Å²) in [6, 6.07) is 4.37. The van der Waals surface area contributed by atoms with E-state index < -0.39 is 0 Å². The molecule has 0 fully saturated rings. The summed E-state index contributed by atoms with van der Waals surface area (Å²) >= 11 is 0. The number of hydrogen-bond acceptors (Lipinski definition) is 2. The van der Waals surface area contributed by atoms with E-state index in [0.717, 1.165) is 12.8 Å². The Bertz CT molecular complexity index is 370. The first-order chi connectivity index (χ1) is 8.86. The van der Waals surface area contributed by atoms with Crippen molar-refractivity contribution in [3.05, 3.63) is 41.7 Å². The molecule has 2 rings (SSSR count). The Hall–Kier alpha value is -1.15. The Kier molecular flexibility index (Phi) is 5.40. The monoisotopic (exact) mass is 244 g/mol. The largest absolute Gasteiger partial charge is 0.324 e. The summed E-state index contributed by atoms with van der Waals surface area (Å²) in [6.07, 6.45) is 16.0. The fourth-order valence-electron chi connectivity index (χ4n) is 2.61. The summed E-state index contributed by atoms with van der Waals surface area (Å²) in [5, 5.41) is 0. The number of pyridine rings is 1. The Balaban J connectivity index is 1.84. The van der Waals surface area contributed by atoms with E-state index in [1.54, 1.807) is 0 Å². The van der Waals surface area contributed by atoms with Crippen molar-refractivity contribution < 1.29 is 0 Å². The minimum absolute atomic E-state index is 0.239. The van der Waals surface area contributed by atoms with E-state index >= 15 is 0 Å². The standard InChI is InChI=1S/C16H24N2/c17-16(11-10-14-7-6-12-18-13-14)15-8-4-2-1-3-5-9-15/h6-8,12-13,16H,1-5,9-11,17H2/b15-8+. The number of allylic oxidation sites excluding steroid dienone is 1. The first kappa shape index (κ1) is 13.3. The van der Waals surface area contributed by atoms with Gasteiger partial charge in [0, 0.05) is 18.4 Å². The van der Waals surface area contributed by atoms with Crippen LogP contribution in [0.1, 0.15) is 50.5 Å². The second-order valence-electron chi connectivity index (χ2n) is 5.24. The van der Waals surface area contributed by atoms with E-state index in [1.807, 2.05) is 18.5 Å². The van der Waals surface area contributed by atoms with Crippen molar-refractivity contribution in [1.82, 2.24) is 4.98 Å². The molecule has 0 radical (unpaired) electrons. The minimum Gasteiger partial charge on any atom is -0.324 e. The van der Waals surface area contributed by atoms with E-state index in [9.17, 15) is 0 Å². The van der Waals surface area contributed by atoms with Crippen LogP contribution in [0.3, 0.4) is 0 Å². The lowest BCUT2D eigenvalue weighted by molar-refractivity contribution is 0.581. The zero-order valence-electron chi connectivity index (χ0n) is 11.1. The van der Waals surface area contributed by atoms with E-state index in [4.69, 9.17) is 5.73 Å². The second-order valence-corrected chi connectivity index (χ2v) is 5.24. The lowest BCUT2D eigenvalue weighted by atomic mass is 9.92. The number of hydrogen-bond donors (Lipinski definition) is 1. The molecule has 0 bridgehead atoms. The summed E-state index contributed by atoms with van der Waals surface area (Å²) in [4.78, 5) is 4.15. The zero-order chi connectivity index (χ0) is 12.6. The topological polar surface area (TPSA) is 38.9 Å². The van der Waals surface area contributed by atoms with Crippen LogP contribution in [0.4, 0.5) is 0 Å². The minimum atomic E-state index is 0.239. The van der Waals surface area contributed by atoms with E-state index in [0.29, 0.717) is 0 Å². The molecule has 0 amide bonds. The number of nitrogens with zero attached hydrogens (tertiary/aromatic N) is 1. The van der Waals surface area contributed by atoms with Gasteiger partial charge in [-0.15, -0.1) is 0 Å². The quantitative estimate of drug-likeness (QED) is 0.822. The van der Waals surface area contributed by atoms with Gasteiger partial charge >= 0.3 is 0 Å². The van der Waals surface area contributed by atoms with Gasteiger partial charge in [-0.3, -0.25) is 4.98 Å². The van der Waals surface area contributed by atoms with Gasteiger partial charge in [0.2, 0.25) is 0 Å². The summed E-state index contributed by atoms with van der Waals surface area (Å²) in [6.45, 7) is 0. The Morgan fingerprint density at radius 1 is 1.22 bits per heavy atom. The maximum atomic E-state index is 6.33. The molecule has 98 valence electrons. The van der Waals surface area contributed by atoms with Crippen molar-refractivity contribution in [2.24, 2.45) is 5.73 Å². The highest BCUT2D eigenvalue weighted by Crippen LogP contribution is 2.20. The van der Waals surface area contributed by atoms with Gasteiger partial charge < -0.3 is 5.73 Å². The molecular formula is C16H24N2. The van der Waals surface area contributed by atoms with Crippen molar-refractivity contribution in [3.63, 3.8) is 0 Å². The van der Waals surface area contributed by atoms with Gasteiger partial charge in [0.05, 0.1) is 0 Å². The Labute approximate surface area is 110 Å². The first-order valence-corrected chi connectivity index (χ1v) is 7.19. The summed E-state index contributed by atoms with van der Waals surface area (Å²) < 4.78 is 0. The number of nitrogens with two attached hydrogens (primary N) is 1. The van der Waals surface area contributed by atoms with Crippen LogP contribution >= 0.6 is 0 Å². The predicted octanol–water partition coefficient (Wildman–Crippen LogP) is 3.62. The van der Waals surface area contributed by atoms with Gasteiger partial charge in [0.15, 0.2) is 0 Å². The number of rotatable bonds is 4. The molecule has 1 atom stereocenters. The molecular weight excluding hydrogens is 220 g/mol. The van der Waals surface area contributed by atoms with Crippen LogP contribution in [-0.4, -0.2) is 11.0 Å². The number of aromatic nitrogens is 1. The number of aryl methyl sites for hydroxylation is 1. The highest BCUT2D eigenvalue weighted by Gasteiger charge is 2.10. The third-order valence-corrected chi connectivity index (χ3v) is 3.77. The van der Waals surface area contributed by atoms with Crippen LogP contribution in [0.15, 0.2) is 36.2 Å². The molecule has 18 heavy (non-hydrogen) atoms. The van der Waals surface area contributed by atoms with Gasteiger partial charge in [0.1, 0.15) is 0 Å². The van der Waals surface area contributed by atoms with Gasteiger partial charge in [-0.1, -0.05) is 30.6 Å². The van der Waals surface area contributed by atoms with Crippen LogP contribution < -0.4 is 5.73 Å². The molecule has 1 aliphatic rings. The van der Waals surface area contributed by atoms with Crippen LogP contribution in [0.25, 0.3) is 0 Å². The summed E-state index contributed by atoms with van der Waals surface area (Å²) in [5.74, 6) is 0. The highest BCUT2D eigenvalue weighted by atomic mass is 14.6. The molecule has 1 unspecified atom stereocenters. The molecule has 0 saturated carbocycles. The van der Waals surface area contributed by atoms with Crippen molar-refractivity contribution in [2.45, 2.75) is 57.4 Å². The maximum Gasteiger partial charge on any atom is 0.0299 e. The molecule has 0 spiro atoms. The zero-order valence-corrected chi connectivity index (χ0v) is 11.1. The fraction of sp³-hybridized carbons (Fsp3) is 0.562. The molecule has 1 aromatic heterocycles. The summed E-state index contributed by atoms with van der Waals surface area (Å²) in [5.41, 5.74) is 9.10. The van der Waals surface area contributed by atoms with E-state index in [-0.39, 0.29) is 6.04 Å². The third kappa shape index (κ3) is 4.26. The van der Waals surface area contributed by atoms with Crippen molar-refractivity contribution in [1.29, 1.82) is 0 Å². The Morgan fingerprint density at radius 3 is 2.94 bits per heavy atom. The van der Waals surface area contributed by atoms with Crippen LogP contribution in [0, 0.1) is 0 Å². The SMILES string of the molecule is NC(CCc1cccnc1)/C1=C/CCCCCC1. The van der Waals surface area contributed by atoms with Crippen LogP contribution in [0.2, 0.25) is 0 Å². The predicted molar refractivity (Wildman–Crippen MR) is 76.3 cm³/mol. The molecule has 2 nitrogen and oxygen atoms in total. The van der Waals surface area contributed by atoms with Gasteiger partial charge in [-0.2, -0.15) is 0 Å². The second kappa shape index (κ2) is 7.32. The molecule has 0 aromatic carbocycles. The average Bonchev–Trinajstić information content (AvgIpc) is 2.37. The Morgan fingerprint density at radius 2 is 2.11 bits per heavy atom. The molecule has 0 aliphatic heterocycles. The smallest absolute Gasteiger partial charge is 0.0299 e. The fourth-order valence-corrected chi connectivity index (χ4v) is 2.61. The molecule has 1 aliphatic carbocycles.